The average Bonchev–Trinajstić information content (AvgIpc) is 3.01. The number of hydrazine groups is 1. The Hall–Kier alpha value is -3.44. The topological polar surface area (TPSA) is 118 Å². The molecule has 31 heavy (non-hydrogen) atoms. The molecule has 2 heterocycles. The molecule has 2 N–H and O–H groups in total. The summed E-state index contributed by atoms with van der Waals surface area (Å²) in [6.45, 7) is 1.62. The number of nitrogens with one attached hydrogen (secondary N) is 1. The molecule has 9 nitrogen and oxygen atoms in total. The number of benzene rings is 1. The number of thiocarbonyl (C=S) groups is 1. The molecule has 160 valence electrons. The summed E-state index contributed by atoms with van der Waals surface area (Å²) >= 11 is 6.27. The Kier molecular flexibility index (Phi) is 7.21. The van der Waals surface area contributed by atoms with E-state index in [1.165, 1.54) is 24.5 Å². The molecule has 0 saturated carbocycles. The lowest BCUT2D eigenvalue weighted by Crippen LogP contribution is -2.44. The van der Waals surface area contributed by atoms with E-state index in [2.05, 4.69) is 10.4 Å². The molecule has 1 aromatic carbocycles. The van der Waals surface area contributed by atoms with Crippen LogP contribution in [-0.4, -0.2) is 50.4 Å². The van der Waals surface area contributed by atoms with Gasteiger partial charge in [-0.05, 0) is 55.0 Å². The lowest BCUT2D eigenvalue weighted by Gasteiger charge is -2.15. The first-order valence-corrected chi connectivity index (χ1v) is 10.2. The van der Waals surface area contributed by atoms with Crippen LogP contribution in [0.3, 0.4) is 0 Å². The van der Waals surface area contributed by atoms with E-state index >= 15 is 0 Å². The van der Waals surface area contributed by atoms with Crippen LogP contribution in [0.15, 0.2) is 47.6 Å². The smallest absolute Gasteiger partial charge is 0.341 e. The molecule has 2 amide bonds. The predicted molar refractivity (Wildman–Crippen MR) is 117 cm³/mol. The van der Waals surface area contributed by atoms with Gasteiger partial charge in [-0.15, -0.1) is 0 Å². The molecular weight excluding hydrogens is 442 g/mol. The molecular formula is C20H17N3O6S2. The summed E-state index contributed by atoms with van der Waals surface area (Å²) in [6, 6.07) is 7.88. The molecule has 0 radical (unpaired) electrons. The molecule has 0 aliphatic carbocycles. The number of nitrogens with zero attached hydrogens (tertiary/aromatic N) is 2. The van der Waals surface area contributed by atoms with Crippen LogP contribution in [0.4, 0.5) is 0 Å². The predicted octanol–water partition coefficient (Wildman–Crippen LogP) is 2.49. The van der Waals surface area contributed by atoms with E-state index in [4.69, 9.17) is 26.8 Å². The Balaban J connectivity index is 1.78. The Bertz CT molecular complexity index is 1060. The van der Waals surface area contributed by atoms with Crippen molar-refractivity contribution in [2.24, 2.45) is 0 Å². The molecule has 1 fully saturated rings. The number of carbonyl (C=O) groups is 3. The van der Waals surface area contributed by atoms with Gasteiger partial charge in [0.15, 0.2) is 22.4 Å². The maximum absolute atomic E-state index is 12.7. The van der Waals surface area contributed by atoms with Gasteiger partial charge in [-0.2, -0.15) is 5.01 Å². The van der Waals surface area contributed by atoms with E-state index in [0.29, 0.717) is 28.4 Å². The quantitative estimate of drug-likeness (QED) is 0.453. The molecule has 11 heteroatoms. The summed E-state index contributed by atoms with van der Waals surface area (Å²) in [5.41, 5.74) is 3.45. The lowest BCUT2D eigenvalue weighted by molar-refractivity contribution is -0.139. The Labute approximate surface area is 187 Å². The van der Waals surface area contributed by atoms with Gasteiger partial charge in [0.25, 0.3) is 11.8 Å². The number of carboxylic acid groups (broad SMARTS) is 1. The Morgan fingerprint density at radius 2 is 1.97 bits per heavy atom. The fourth-order valence-corrected chi connectivity index (χ4v) is 3.71. The van der Waals surface area contributed by atoms with E-state index in [1.54, 1.807) is 31.2 Å². The summed E-state index contributed by atoms with van der Waals surface area (Å²) in [4.78, 5) is 40.0. The minimum Gasteiger partial charge on any atom is -0.490 e. The zero-order valence-electron chi connectivity index (χ0n) is 16.2. The first-order valence-electron chi connectivity index (χ1n) is 8.99. The van der Waals surface area contributed by atoms with E-state index in [1.807, 2.05) is 0 Å². The van der Waals surface area contributed by atoms with Crippen LogP contribution in [-0.2, 0) is 9.59 Å². The number of carboxylic acids is 1. The minimum absolute atomic E-state index is 0.185. The largest absolute Gasteiger partial charge is 0.490 e. The zero-order chi connectivity index (χ0) is 22.4. The van der Waals surface area contributed by atoms with Crippen molar-refractivity contribution in [1.82, 2.24) is 15.4 Å². The molecule has 2 aromatic rings. The maximum atomic E-state index is 12.7. The molecule has 3 rings (SSSR count). The highest BCUT2D eigenvalue weighted by Crippen LogP contribution is 2.34. The third-order valence-corrected chi connectivity index (χ3v) is 5.17. The zero-order valence-corrected chi connectivity index (χ0v) is 17.9. The van der Waals surface area contributed by atoms with Gasteiger partial charge in [0, 0.05) is 18.0 Å². The van der Waals surface area contributed by atoms with Gasteiger partial charge in [0.2, 0.25) is 0 Å². The first-order chi connectivity index (χ1) is 14.9. The summed E-state index contributed by atoms with van der Waals surface area (Å²) < 4.78 is 10.9. The molecule has 1 saturated heterocycles. The van der Waals surface area contributed by atoms with Gasteiger partial charge in [-0.1, -0.05) is 17.8 Å². The van der Waals surface area contributed by atoms with Crippen LogP contribution in [0, 0.1) is 0 Å². The van der Waals surface area contributed by atoms with Gasteiger partial charge in [-0.3, -0.25) is 20.0 Å². The highest BCUT2D eigenvalue weighted by Gasteiger charge is 2.33. The molecule has 0 bridgehead atoms. The Morgan fingerprint density at radius 3 is 2.65 bits per heavy atom. The van der Waals surface area contributed by atoms with Crippen LogP contribution < -0.4 is 14.9 Å². The SMILES string of the molecule is CCOc1cc(/C=C2/SC(=S)N(NC(=O)c3ccncc3)C2=O)ccc1OCC(=O)O. The summed E-state index contributed by atoms with van der Waals surface area (Å²) in [5, 5.41) is 9.80. The van der Waals surface area contributed by atoms with Gasteiger partial charge in [-0.25, -0.2) is 4.79 Å². The van der Waals surface area contributed by atoms with Crippen molar-refractivity contribution in [3.63, 3.8) is 0 Å². The minimum atomic E-state index is -1.11. The normalized spacial score (nSPS) is 14.6. The standard InChI is InChI=1S/C20H17N3O6S2/c1-2-28-15-9-12(3-4-14(15)29-11-17(24)25)10-16-19(27)23(20(30)31-16)22-18(26)13-5-7-21-8-6-13/h3-10H,2,11H2,1H3,(H,22,26)(H,24,25)/b16-10+. The van der Waals surface area contributed by atoms with Gasteiger partial charge in [0.05, 0.1) is 11.5 Å². The van der Waals surface area contributed by atoms with Crippen LogP contribution in [0.2, 0.25) is 0 Å². The van der Waals surface area contributed by atoms with Crippen LogP contribution in [0.25, 0.3) is 6.08 Å². The van der Waals surface area contributed by atoms with Gasteiger partial charge < -0.3 is 14.6 Å². The van der Waals surface area contributed by atoms with Crippen molar-refractivity contribution in [1.29, 1.82) is 0 Å². The molecule has 1 aliphatic rings. The van der Waals surface area contributed by atoms with E-state index in [-0.39, 0.29) is 10.1 Å². The molecule has 1 aromatic heterocycles. The van der Waals surface area contributed by atoms with Crippen molar-refractivity contribution in [2.45, 2.75) is 6.92 Å². The highest BCUT2D eigenvalue weighted by molar-refractivity contribution is 8.26. The number of rotatable bonds is 8. The average molecular weight is 460 g/mol. The molecule has 0 spiro atoms. The first kappa shape index (κ1) is 22.2. The van der Waals surface area contributed by atoms with Crippen LogP contribution in [0.5, 0.6) is 11.5 Å². The number of aromatic nitrogens is 1. The number of pyridine rings is 1. The number of carbonyl (C=O) groups excluding carboxylic acids is 2. The summed E-state index contributed by atoms with van der Waals surface area (Å²) in [6.07, 6.45) is 4.54. The number of aliphatic carboxylic acids is 1. The van der Waals surface area contributed by atoms with Crippen molar-refractivity contribution in [3.8, 4) is 11.5 Å². The highest BCUT2D eigenvalue weighted by atomic mass is 32.2. The molecule has 1 aliphatic heterocycles. The van der Waals surface area contributed by atoms with Crippen molar-refractivity contribution < 1.29 is 29.0 Å². The maximum Gasteiger partial charge on any atom is 0.341 e. The Morgan fingerprint density at radius 1 is 1.23 bits per heavy atom. The molecule has 0 unspecified atom stereocenters. The second-order valence-electron chi connectivity index (χ2n) is 6.02. The van der Waals surface area contributed by atoms with Crippen molar-refractivity contribution >= 4 is 52.2 Å². The van der Waals surface area contributed by atoms with E-state index < -0.39 is 24.4 Å². The second kappa shape index (κ2) is 10.0. The number of ether oxygens (including phenoxy) is 2. The fourth-order valence-electron chi connectivity index (χ4n) is 2.53. The summed E-state index contributed by atoms with van der Waals surface area (Å²) in [7, 11) is 0. The third kappa shape index (κ3) is 5.58. The van der Waals surface area contributed by atoms with E-state index in [0.717, 1.165) is 16.8 Å². The lowest BCUT2D eigenvalue weighted by atomic mass is 10.2. The van der Waals surface area contributed by atoms with Gasteiger partial charge in [0.1, 0.15) is 0 Å². The monoisotopic (exact) mass is 459 g/mol. The number of hydrogen-bond donors (Lipinski definition) is 2. The van der Waals surface area contributed by atoms with Crippen molar-refractivity contribution in [3.05, 3.63) is 58.8 Å². The van der Waals surface area contributed by atoms with Crippen molar-refractivity contribution in [2.75, 3.05) is 13.2 Å². The summed E-state index contributed by atoms with van der Waals surface area (Å²) in [5.74, 6) is -1.44. The van der Waals surface area contributed by atoms with Gasteiger partial charge >= 0.3 is 5.97 Å². The number of amides is 2. The van der Waals surface area contributed by atoms with Crippen LogP contribution in [0.1, 0.15) is 22.8 Å². The molecule has 0 atom stereocenters. The second-order valence-corrected chi connectivity index (χ2v) is 7.69. The number of hydrogen-bond acceptors (Lipinski definition) is 8. The van der Waals surface area contributed by atoms with E-state index in [9.17, 15) is 14.4 Å². The van der Waals surface area contributed by atoms with Crippen LogP contribution >= 0.6 is 24.0 Å². The third-order valence-electron chi connectivity index (χ3n) is 3.87. The number of thioether (sulfide) groups is 1. The fraction of sp³-hybridized carbons (Fsp3) is 0.150.